The first kappa shape index (κ1) is 49.1. The Kier molecular flexibility index (Phi) is 40.1. The van der Waals surface area contributed by atoms with Gasteiger partial charge in [-0.2, -0.15) is 0 Å². The van der Waals surface area contributed by atoms with E-state index < -0.39 is 24.2 Å². The molecular formula is C45H89NO4. The minimum atomic E-state index is -1.08. The Labute approximate surface area is 312 Å². The van der Waals surface area contributed by atoms with Gasteiger partial charge in [-0.15, -0.1) is 0 Å². The zero-order valence-electron chi connectivity index (χ0n) is 33.8. The van der Waals surface area contributed by atoms with Gasteiger partial charge in [-0.3, -0.25) is 4.79 Å². The van der Waals surface area contributed by atoms with Crippen LogP contribution in [0, 0.1) is 0 Å². The molecule has 5 heteroatoms. The monoisotopic (exact) mass is 708 g/mol. The molecule has 0 bridgehead atoms. The van der Waals surface area contributed by atoms with Crippen molar-refractivity contribution < 1.29 is 20.1 Å². The van der Waals surface area contributed by atoms with Crippen LogP contribution in [-0.4, -0.2) is 46.1 Å². The fourth-order valence-corrected chi connectivity index (χ4v) is 7.07. The number of allylic oxidation sites excluding steroid dienone is 2. The highest BCUT2D eigenvalue weighted by Gasteiger charge is 2.23. The summed E-state index contributed by atoms with van der Waals surface area (Å²) in [6.07, 6.45) is 47.8. The molecule has 0 aliphatic rings. The standard InChI is InChI=1S/C45H89NO4/c1-3-5-7-9-11-13-15-17-19-21-22-24-25-27-29-31-33-35-37-39-43(48)42(41-47)46-45(50)44(49)40-38-36-34-32-30-28-26-23-20-18-16-14-12-10-8-6-4-2/h26,28,42-44,47-49H,3-25,27,29-41H2,1-2H3,(H,46,50)/b28-26-. The molecule has 0 heterocycles. The van der Waals surface area contributed by atoms with E-state index in [1.54, 1.807) is 0 Å². The second-order valence-corrected chi connectivity index (χ2v) is 15.6. The molecule has 3 unspecified atom stereocenters. The molecule has 0 rings (SSSR count). The van der Waals surface area contributed by atoms with Gasteiger partial charge in [0.05, 0.1) is 18.8 Å². The lowest BCUT2D eigenvalue weighted by Gasteiger charge is -2.23. The largest absolute Gasteiger partial charge is 0.394 e. The molecule has 1 amide bonds. The molecule has 0 aromatic heterocycles. The van der Waals surface area contributed by atoms with Gasteiger partial charge >= 0.3 is 0 Å². The number of hydrogen-bond donors (Lipinski definition) is 4. The number of amides is 1. The van der Waals surface area contributed by atoms with E-state index in [1.165, 1.54) is 173 Å². The molecule has 0 saturated carbocycles. The topological polar surface area (TPSA) is 89.8 Å². The molecule has 5 nitrogen and oxygen atoms in total. The summed E-state index contributed by atoms with van der Waals surface area (Å²) in [6.45, 7) is 4.24. The van der Waals surface area contributed by atoms with Crippen LogP contribution in [0.2, 0.25) is 0 Å². The minimum absolute atomic E-state index is 0.314. The third-order valence-corrected chi connectivity index (χ3v) is 10.6. The predicted octanol–water partition coefficient (Wildman–Crippen LogP) is 12.8. The van der Waals surface area contributed by atoms with Crippen molar-refractivity contribution in [3.63, 3.8) is 0 Å². The van der Waals surface area contributed by atoms with E-state index in [0.29, 0.717) is 12.8 Å². The molecule has 0 aromatic carbocycles. The van der Waals surface area contributed by atoms with Crippen LogP contribution >= 0.6 is 0 Å². The summed E-state index contributed by atoms with van der Waals surface area (Å²) < 4.78 is 0. The molecule has 0 aliphatic carbocycles. The van der Waals surface area contributed by atoms with Gasteiger partial charge in [0.1, 0.15) is 6.10 Å². The number of unbranched alkanes of at least 4 members (excludes halogenated alkanes) is 31. The number of carbonyl (C=O) groups excluding carboxylic acids is 1. The van der Waals surface area contributed by atoms with Gasteiger partial charge in [-0.05, 0) is 38.5 Å². The SMILES string of the molecule is CCCCCCCCCCC/C=C\CCCCCCC(O)C(=O)NC(CO)C(O)CCCCCCCCCCCCCCCCCCCCC. The third kappa shape index (κ3) is 35.5. The highest BCUT2D eigenvalue weighted by molar-refractivity contribution is 5.80. The molecule has 0 saturated heterocycles. The van der Waals surface area contributed by atoms with E-state index in [4.69, 9.17) is 0 Å². The van der Waals surface area contributed by atoms with Gasteiger partial charge in [0.15, 0.2) is 0 Å². The lowest BCUT2D eigenvalue weighted by atomic mass is 10.0. The maximum atomic E-state index is 12.5. The van der Waals surface area contributed by atoms with Crippen molar-refractivity contribution in [1.29, 1.82) is 0 Å². The first-order valence-corrected chi connectivity index (χ1v) is 22.5. The number of nitrogens with one attached hydrogen (secondary N) is 1. The lowest BCUT2D eigenvalue weighted by Crippen LogP contribution is -2.49. The molecule has 3 atom stereocenters. The first-order chi connectivity index (χ1) is 24.6. The van der Waals surface area contributed by atoms with E-state index in [-0.39, 0.29) is 6.61 Å². The molecule has 0 aliphatic heterocycles. The lowest BCUT2D eigenvalue weighted by molar-refractivity contribution is -0.131. The van der Waals surface area contributed by atoms with Crippen LogP contribution in [0.4, 0.5) is 0 Å². The Hall–Kier alpha value is -0.910. The Morgan fingerprint density at radius 1 is 0.460 bits per heavy atom. The number of carbonyl (C=O) groups is 1. The smallest absolute Gasteiger partial charge is 0.249 e. The van der Waals surface area contributed by atoms with Crippen LogP contribution in [0.1, 0.15) is 245 Å². The van der Waals surface area contributed by atoms with Crippen LogP contribution in [0.3, 0.4) is 0 Å². The molecule has 0 fully saturated rings. The van der Waals surface area contributed by atoms with Gasteiger partial charge in [-0.25, -0.2) is 0 Å². The van der Waals surface area contributed by atoms with Gasteiger partial charge in [0.25, 0.3) is 0 Å². The van der Waals surface area contributed by atoms with Crippen molar-refractivity contribution >= 4 is 5.91 Å². The van der Waals surface area contributed by atoms with Gasteiger partial charge in [0, 0.05) is 0 Å². The van der Waals surface area contributed by atoms with E-state index in [0.717, 1.165) is 44.9 Å². The summed E-state index contributed by atoms with van der Waals surface area (Å²) in [4.78, 5) is 12.5. The third-order valence-electron chi connectivity index (χ3n) is 10.6. The minimum Gasteiger partial charge on any atom is -0.394 e. The number of aliphatic hydroxyl groups excluding tert-OH is 3. The van der Waals surface area contributed by atoms with Crippen molar-refractivity contribution in [3.05, 3.63) is 12.2 Å². The summed E-state index contributed by atoms with van der Waals surface area (Å²) in [5.41, 5.74) is 0. The summed E-state index contributed by atoms with van der Waals surface area (Å²) >= 11 is 0. The van der Waals surface area contributed by atoms with Crippen molar-refractivity contribution in [2.45, 2.75) is 263 Å². The molecule has 50 heavy (non-hydrogen) atoms. The second kappa shape index (κ2) is 40.9. The van der Waals surface area contributed by atoms with Crippen LogP contribution in [-0.2, 0) is 4.79 Å². The van der Waals surface area contributed by atoms with Crippen LogP contribution in [0.25, 0.3) is 0 Å². The van der Waals surface area contributed by atoms with Gasteiger partial charge in [0.2, 0.25) is 5.91 Å². The highest BCUT2D eigenvalue weighted by atomic mass is 16.3. The molecule has 4 N–H and O–H groups in total. The Morgan fingerprint density at radius 2 is 0.760 bits per heavy atom. The molecular weight excluding hydrogens is 618 g/mol. The number of hydrogen-bond acceptors (Lipinski definition) is 4. The van der Waals surface area contributed by atoms with Crippen LogP contribution < -0.4 is 5.32 Å². The highest BCUT2D eigenvalue weighted by Crippen LogP contribution is 2.16. The normalized spacial score (nSPS) is 13.6. The summed E-state index contributed by atoms with van der Waals surface area (Å²) in [5.74, 6) is -0.476. The van der Waals surface area contributed by atoms with Crippen molar-refractivity contribution in [3.8, 4) is 0 Å². The van der Waals surface area contributed by atoms with E-state index >= 15 is 0 Å². The average Bonchev–Trinajstić information content (AvgIpc) is 3.12. The van der Waals surface area contributed by atoms with Crippen LogP contribution in [0.5, 0.6) is 0 Å². The van der Waals surface area contributed by atoms with Crippen molar-refractivity contribution in [2.24, 2.45) is 0 Å². The zero-order valence-corrected chi connectivity index (χ0v) is 33.8. The Bertz CT molecular complexity index is 699. The fraction of sp³-hybridized carbons (Fsp3) is 0.933. The van der Waals surface area contributed by atoms with E-state index in [1.807, 2.05) is 0 Å². The molecule has 298 valence electrons. The summed E-state index contributed by atoms with van der Waals surface area (Å²) in [7, 11) is 0. The summed E-state index contributed by atoms with van der Waals surface area (Å²) in [5, 5.41) is 33.3. The van der Waals surface area contributed by atoms with E-state index in [9.17, 15) is 20.1 Å². The Morgan fingerprint density at radius 3 is 1.10 bits per heavy atom. The first-order valence-electron chi connectivity index (χ1n) is 22.5. The van der Waals surface area contributed by atoms with E-state index in [2.05, 4.69) is 31.3 Å². The summed E-state index contributed by atoms with van der Waals surface area (Å²) in [6, 6.07) is -0.713. The zero-order chi connectivity index (χ0) is 36.6. The van der Waals surface area contributed by atoms with Crippen molar-refractivity contribution in [2.75, 3.05) is 6.61 Å². The van der Waals surface area contributed by atoms with Gasteiger partial charge < -0.3 is 20.6 Å². The molecule has 0 spiro atoms. The van der Waals surface area contributed by atoms with Crippen molar-refractivity contribution in [1.82, 2.24) is 5.32 Å². The predicted molar refractivity (Wildman–Crippen MR) is 218 cm³/mol. The number of aliphatic hydroxyl groups is 3. The fourth-order valence-electron chi connectivity index (χ4n) is 7.07. The quantitative estimate of drug-likeness (QED) is 0.0376. The number of rotatable bonds is 41. The van der Waals surface area contributed by atoms with Crippen LogP contribution in [0.15, 0.2) is 12.2 Å². The maximum Gasteiger partial charge on any atom is 0.249 e. The second-order valence-electron chi connectivity index (χ2n) is 15.6. The maximum absolute atomic E-state index is 12.5. The van der Waals surface area contributed by atoms with Gasteiger partial charge in [-0.1, -0.05) is 219 Å². The molecule has 0 aromatic rings. The Balaban J connectivity index is 3.61. The molecule has 0 radical (unpaired) electrons. The average molecular weight is 708 g/mol.